The number of rotatable bonds is 4. The smallest absolute Gasteiger partial charge is 0.323 e. The Hall–Kier alpha value is -0.570. The molecular weight excluding hydrogens is 202 g/mol. The zero-order chi connectivity index (χ0) is 12.0. The van der Waals surface area contributed by atoms with Crippen molar-refractivity contribution in [1.29, 1.82) is 0 Å². The fourth-order valence-electron chi connectivity index (χ4n) is 2.09. The summed E-state index contributed by atoms with van der Waals surface area (Å²) in [5.74, 6) is -0.000437. The predicted octanol–water partition coefficient (Wildman–Crippen LogP) is 2.63. The highest BCUT2D eigenvalue weighted by Gasteiger charge is 2.24. The molecule has 2 unspecified atom stereocenters. The van der Waals surface area contributed by atoms with Crippen LogP contribution < -0.4 is 5.73 Å². The monoisotopic (exact) mass is 227 g/mol. The van der Waals surface area contributed by atoms with Crippen LogP contribution in [0.1, 0.15) is 58.8 Å². The molecule has 1 rings (SSSR count). The first-order chi connectivity index (χ1) is 7.65. The fraction of sp³-hybridized carbons (Fsp3) is 0.923. The number of hydrogen-bond acceptors (Lipinski definition) is 3. The molecule has 0 heterocycles. The van der Waals surface area contributed by atoms with Gasteiger partial charge in [-0.3, -0.25) is 4.79 Å². The molecule has 0 aromatic rings. The SMILES string of the molecule is CCC(C)C(N)C(=O)OC1CCCCCC1. The minimum atomic E-state index is -0.451. The van der Waals surface area contributed by atoms with Crippen LogP contribution >= 0.6 is 0 Å². The van der Waals surface area contributed by atoms with Crippen molar-refractivity contribution in [2.45, 2.75) is 70.9 Å². The van der Waals surface area contributed by atoms with E-state index in [2.05, 4.69) is 0 Å². The molecule has 1 fully saturated rings. The minimum absolute atomic E-state index is 0.116. The largest absolute Gasteiger partial charge is 0.461 e. The van der Waals surface area contributed by atoms with E-state index >= 15 is 0 Å². The summed E-state index contributed by atoms with van der Waals surface area (Å²) in [6.45, 7) is 4.04. The van der Waals surface area contributed by atoms with Gasteiger partial charge >= 0.3 is 5.97 Å². The van der Waals surface area contributed by atoms with E-state index in [9.17, 15) is 4.79 Å². The standard InChI is InChI=1S/C13H25NO2/c1-3-10(2)12(14)13(15)16-11-8-6-4-5-7-9-11/h10-12H,3-9,14H2,1-2H3. The number of carbonyl (C=O) groups excluding carboxylic acids is 1. The van der Waals surface area contributed by atoms with E-state index in [0.717, 1.165) is 19.3 Å². The molecule has 1 aliphatic rings. The van der Waals surface area contributed by atoms with Crippen molar-refractivity contribution < 1.29 is 9.53 Å². The van der Waals surface area contributed by atoms with E-state index in [0.29, 0.717) is 0 Å². The topological polar surface area (TPSA) is 52.3 Å². The van der Waals surface area contributed by atoms with Crippen LogP contribution in [0.4, 0.5) is 0 Å². The molecule has 1 aliphatic carbocycles. The van der Waals surface area contributed by atoms with Crippen LogP contribution in [0, 0.1) is 5.92 Å². The van der Waals surface area contributed by atoms with Gasteiger partial charge < -0.3 is 10.5 Å². The first-order valence-electron chi connectivity index (χ1n) is 6.61. The first-order valence-corrected chi connectivity index (χ1v) is 6.61. The van der Waals surface area contributed by atoms with Crippen molar-refractivity contribution >= 4 is 5.97 Å². The second-order valence-electron chi connectivity index (χ2n) is 4.96. The summed E-state index contributed by atoms with van der Waals surface area (Å²) in [7, 11) is 0. The third kappa shape index (κ3) is 4.12. The van der Waals surface area contributed by atoms with E-state index in [-0.39, 0.29) is 18.0 Å². The minimum Gasteiger partial charge on any atom is -0.461 e. The molecule has 0 saturated heterocycles. The molecule has 16 heavy (non-hydrogen) atoms. The zero-order valence-corrected chi connectivity index (χ0v) is 10.6. The van der Waals surface area contributed by atoms with Crippen LogP contribution in [-0.2, 0) is 9.53 Å². The van der Waals surface area contributed by atoms with E-state index in [4.69, 9.17) is 10.5 Å². The highest BCUT2D eigenvalue weighted by atomic mass is 16.5. The summed E-state index contributed by atoms with van der Waals surface area (Å²) in [5, 5.41) is 0. The fourth-order valence-corrected chi connectivity index (χ4v) is 2.09. The maximum atomic E-state index is 11.8. The molecule has 2 atom stereocenters. The molecule has 2 N–H and O–H groups in total. The van der Waals surface area contributed by atoms with Gasteiger partial charge in [-0.25, -0.2) is 0 Å². The number of carbonyl (C=O) groups is 1. The van der Waals surface area contributed by atoms with Crippen molar-refractivity contribution in [2.24, 2.45) is 11.7 Å². The molecule has 0 aromatic heterocycles. The molecule has 0 radical (unpaired) electrons. The molecule has 0 aromatic carbocycles. The van der Waals surface area contributed by atoms with Crippen LogP contribution in [0.5, 0.6) is 0 Å². The van der Waals surface area contributed by atoms with E-state index < -0.39 is 6.04 Å². The molecule has 0 amide bonds. The molecule has 3 nitrogen and oxygen atoms in total. The van der Waals surface area contributed by atoms with Crippen molar-refractivity contribution in [3.05, 3.63) is 0 Å². The van der Waals surface area contributed by atoms with E-state index in [1.54, 1.807) is 0 Å². The lowest BCUT2D eigenvalue weighted by Gasteiger charge is -2.21. The van der Waals surface area contributed by atoms with Crippen LogP contribution in [0.2, 0.25) is 0 Å². The van der Waals surface area contributed by atoms with Crippen LogP contribution in [-0.4, -0.2) is 18.1 Å². The molecule has 0 bridgehead atoms. The molecule has 1 saturated carbocycles. The van der Waals surface area contributed by atoms with Gasteiger partial charge in [-0.15, -0.1) is 0 Å². The Balaban J connectivity index is 2.37. The van der Waals surface area contributed by atoms with E-state index in [1.165, 1.54) is 25.7 Å². The van der Waals surface area contributed by atoms with Gasteiger partial charge in [-0.05, 0) is 31.6 Å². The Morgan fingerprint density at radius 1 is 1.31 bits per heavy atom. The van der Waals surface area contributed by atoms with Gasteiger partial charge in [0.2, 0.25) is 0 Å². The second-order valence-corrected chi connectivity index (χ2v) is 4.96. The Morgan fingerprint density at radius 3 is 2.38 bits per heavy atom. The highest BCUT2D eigenvalue weighted by molar-refractivity contribution is 5.76. The Labute approximate surface area is 98.7 Å². The lowest BCUT2D eigenvalue weighted by atomic mass is 10.0. The summed E-state index contributed by atoms with van der Waals surface area (Å²) in [4.78, 5) is 11.8. The third-order valence-electron chi connectivity index (χ3n) is 3.61. The lowest BCUT2D eigenvalue weighted by Crippen LogP contribution is -2.39. The van der Waals surface area contributed by atoms with Gasteiger partial charge in [0.1, 0.15) is 12.1 Å². The van der Waals surface area contributed by atoms with Gasteiger partial charge in [0, 0.05) is 0 Å². The molecule has 94 valence electrons. The molecule has 3 heteroatoms. The Morgan fingerprint density at radius 2 is 1.88 bits per heavy atom. The number of nitrogens with two attached hydrogens (primary N) is 1. The Kier molecular flexibility index (Phi) is 5.81. The normalized spacial score (nSPS) is 22.2. The Bertz CT molecular complexity index is 210. The van der Waals surface area contributed by atoms with Crippen LogP contribution in [0.25, 0.3) is 0 Å². The summed E-state index contributed by atoms with van der Waals surface area (Å²) < 4.78 is 5.49. The molecular formula is C13H25NO2. The summed E-state index contributed by atoms with van der Waals surface area (Å²) in [6, 6.07) is -0.451. The summed E-state index contributed by atoms with van der Waals surface area (Å²) in [5.41, 5.74) is 5.85. The van der Waals surface area contributed by atoms with Crippen LogP contribution in [0.15, 0.2) is 0 Å². The number of esters is 1. The summed E-state index contributed by atoms with van der Waals surface area (Å²) >= 11 is 0. The van der Waals surface area contributed by atoms with Crippen molar-refractivity contribution in [1.82, 2.24) is 0 Å². The van der Waals surface area contributed by atoms with Crippen molar-refractivity contribution in [3.63, 3.8) is 0 Å². The second kappa shape index (κ2) is 6.89. The summed E-state index contributed by atoms with van der Waals surface area (Å²) in [6.07, 6.45) is 7.95. The zero-order valence-electron chi connectivity index (χ0n) is 10.6. The van der Waals surface area contributed by atoms with Crippen molar-refractivity contribution in [2.75, 3.05) is 0 Å². The van der Waals surface area contributed by atoms with E-state index in [1.807, 2.05) is 13.8 Å². The van der Waals surface area contributed by atoms with Gasteiger partial charge in [0.25, 0.3) is 0 Å². The first kappa shape index (κ1) is 13.5. The maximum Gasteiger partial charge on any atom is 0.323 e. The van der Waals surface area contributed by atoms with Gasteiger partial charge in [-0.2, -0.15) is 0 Å². The average molecular weight is 227 g/mol. The number of hydrogen-bond donors (Lipinski definition) is 1. The lowest BCUT2D eigenvalue weighted by molar-refractivity contribution is -0.152. The van der Waals surface area contributed by atoms with Crippen LogP contribution in [0.3, 0.4) is 0 Å². The van der Waals surface area contributed by atoms with Crippen molar-refractivity contribution in [3.8, 4) is 0 Å². The molecule has 0 spiro atoms. The highest BCUT2D eigenvalue weighted by Crippen LogP contribution is 2.20. The molecule has 0 aliphatic heterocycles. The third-order valence-corrected chi connectivity index (χ3v) is 3.61. The van der Waals surface area contributed by atoms with Gasteiger partial charge in [0.05, 0.1) is 0 Å². The average Bonchev–Trinajstić information content (AvgIpc) is 2.55. The van der Waals surface area contributed by atoms with Gasteiger partial charge in [0.15, 0.2) is 0 Å². The quantitative estimate of drug-likeness (QED) is 0.593. The number of ether oxygens (including phenoxy) is 1. The predicted molar refractivity (Wildman–Crippen MR) is 65.0 cm³/mol. The maximum absolute atomic E-state index is 11.8. The van der Waals surface area contributed by atoms with Gasteiger partial charge in [-0.1, -0.05) is 33.1 Å².